The van der Waals surface area contributed by atoms with Gasteiger partial charge >= 0.3 is 5.97 Å². The number of halogens is 1. The average molecular weight is 300 g/mol. The molecule has 17 heavy (non-hydrogen) atoms. The van der Waals surface area contributed by atoms with Gasteiger partial charge in [0, 0.05) is 11.0 Å². The summed E-state index contributed by atoms with van der Waals surface area (Å²) in [7, 11) is 1.42. The van der Waals surface area contributed by atoms with Crippen molar-refractivity contribution in [1.82, 2.24) is 4.90 Å². The van der Waals surface area contributed by atoms with Gasteiger partial charge < -0.3 is 4.74 Å². The topological polar surface area (TPSA) is 29.5 Å². The maximum absolute atomic E-state index is 11.3. The number of carbonyl (C=O) groups excluding carboxylic acids is 1. The lowest BCUT2D eigenvalue weighted by Gasteiger charge is -2.20. The van der Waals surface area contributed by atoms with Crippen LogP contribution in [0.4, 0.5) is 0 Å². The highest BCUT2D eigenvalue weighted by atomic mass is 79.9. The number of ether oxygens (including phenoxy) is 1. The van der Waals surface area contributed by atoms with Crippen LogP contribution in [0.25, 0.3) is 0 Å². The van der Waals surface area contributed by atoms with Gasteiger partial charge in [0.15, 0.2) is 0 Å². The van der Waals surface area contributed by atoms with Gasteiger partial charge in [0.1, 0.15) is 0 Å². The second-order valence-corrected chi connectivity index (χ2v) is 4.83. The molecule has 0 saturated heterocycles. The molecule has 0 atom stereocenters. The summed E-state index contributed by atoms with van der Waals surface area (Å²) < 4.78 is 5.76. The van der Waals surface area contributed by atoms with Crippen LogP contribution in [-0.2, 0) is 16.1 Å². The molecule has 1 rings (SSSR count). The van der Waals surface area contributed by atoms with Gasteiger partial charge in [0.2, 0.25) is 0 Å². The number of benzene rings is 1. The number of carbonyl (C=O) groups is 1. The summed E-state index contributed by atoms with van der Waals surface area (Å²) in [6.07, 6.45) is 1.02. The molecular formula is C13H18BrNO2. The van der Waals surface area contributed by atoms with Crippen molar-refractivity contribution < 1.29 is 9.53 Å². The Morgan fingerprint density at radius 2 is 2.00 bits per heavy atom. The third-order valence-corrected chi connectivity index (χ3v) is 2.97. The Morgan fingerprint density at radius 3 is 2.53 bits per heavy atom. The maximum atomic E-state index is 11.3. The second kappa shape index (κ2) is 7.45. The van der Waals surface area contributed by atoms with Gasteiger partial charge in [-0.2, -0.15) is 0 Å². The van der Waals surface area contributed by atoms with Crippen LogP contribution in [0.3, 0.4) is 0 Å². The molecule has 0 aromatic heterocycles. The maximum Gasteiger partial charge on any atom is 0.319 e. The molecule has 94 valence electrons. The molecule has 0 spiro atoms. The zero-order valence-electron chi connectivity index (χ0n) is 10.3. The highest BCUT2D eigenvalue weighted by Crippen LogP contribution is 2.12. The summed E-state index contributed by atoms with van der Waals surface area (Å²) in [6, 6.07) is 8.14. The van der Waals surface area contributed by atoms with Crippen molar-refractivity contribution in [2.75, 3.05) is 20.2 Å². The molecule has 0 saturated carbocycles. The fraction of sp³-hybridized carbons (Fsp3) is 0.462. The van der Waals surface area contributed by atoms with Gasteiger partial charge in [-0.05, 0) is 30.7 Å². The zero-order chi connectivity index (χ0) is 12.7. The number of methoxy groups -OCH3 is 1. The van der Waals surface area contributed by atoms with Crippen molar-refractivity contribution in [2.24, 2.45) is 0 Å². The molecule has 0 N–H and O–H groups in total. The number of esters is 1. The minimum atomic E-state index is -0.185. The van der Waals surface area contributed by atoms with E-state index in [0.29, 0.717) is 6.54 Å². The van der Waals surface area contributed by atoms with E-state index in [1.807, 2.05) is 12.1 Å². The second-order valence-electron chi connectivity index (χ2n) is 3.91. The molecule has 0 aliphatic heterocycles. The van der Waals surface area contributed by atoms with Crippen LogP contribution in [0.5, 0.6) is 0 Å². The monoisotopic (exact) mass is 299 g/mol. The highest BCUT2D eigenvalue weighted by Gasteiger charge is 2.10. The van der Waals surface area contributed by atoms with E-state index in [9.17, 15) is 4.79 Å². The largest absolute Gasteiger partial charge is 0.468 e. The van der Waals surface area contributed by atoms with Gasteiger partial charge in [0.25, 0.3) is 0 Å². The minimum Gasteiger partial charge on any atom is -0.468 e. The first-order valence-corrected chi connectivity index (χ1v) is 6.48. The van der Waals surface area contributed by atoms with Gasteiger partial charge in [-0.25, -0.2) is 0 Å². The normalized spacial score (nSPS) is 10.6. The Morgan fingerprint density at radius 1 is 1.35 bits per heavy atom. The summed E-state index contributed by atoms with van der Waals surface area (Å²) in [4.78, 5) is 13.4. The average Bonchev–Trinajstić information content (AvgIpc) is 2.32. The Kier molecular flexibility index (Phi) is 6.22. The summed E-state index contributed by atoms with van der Waals surface area (Å²) >= 11 is 3.41. The summed E-state index contributed by atoms with van der Waals surface area (Å²) in [6.45, 7) is 4.12. The molecule has 0 amide bonds. The quantitative estimate of drug-likeness (QED) is 0.757. The molecule has 1 aromatic rings. The smallest absolute Gasteiger partial charge is 0.319 e. The van der Waals surface area contributed by atoms with E-state index >= 15 is 0 Å². The van der Waals surface area contributed by atoms with Crippen molar-refractivity contribution in [3.05, 3.63) is 34.3 Å². The molecule has 1 aromatic carbocycles. The van der Waals surface area contributed by atoms with Crippen molar-refractivity contribution in [1.29, 1.82) is 0 Å². The predicted molar refractivity (Wildman–Crippen MR) is 71.7 cm³/mol. The summed E-state index contributed by atoms with van der Waals surface area (Å²) in [5, 5.41) is 0. The molecular weight excluding hydrogens is 282 g/mol. The van der Waals surface area contributed by atoms with E-state index in [1.54, 1.807) is 0 Å². The molecule has 3 nitrogen and oxygen atoms in total. The number of nitrogens with zero attached hydrogens (tertiary/aromatic N) is 1. The Bertz CT molecular complexity index is 351. The Labute approximate surface area is 111 Å². The van der Waals surface area contributed by atoms with Crippen LogP contribution in [0.2, 0.25) is 0 Å². The first-order valence-electron chi connectivity index (χ1n) is 5.69. The fourth-order valence-electron chi connectivity index (χ4n) is 1.63. The third kappa shape index (κ3) is 5.33. The summed E-state index contributed by atoms with van der Waals surface area (Å²) in [5.74, 6) is -0.185. The zero-order valence-corrected chi connectivity index (χ0v) is 11.9. The van der Waals surface area contributed by atoms with Gasteiger partial charge in [-0.1, -0.05) is 35.0 Å². The molecule has 0 aliphatic carbocycles. The predicted octanol–water partition coefficient (Wildman–Crippen LogP) is 2.83. The molecule has 0 bridgehead atoms. The van der Waals surface area contributed by atoms with Crippen LogP contribution in [0, 0.1) is 0 Å². The minimum absolute atomic E-state index is 0.185. The highest BCUT2D eigenvalue weighted by molar-refractivity contribution is 9.10. The lowest BCUT2D eigenvalue weighted by molar-refractivity contribution is -0.142. The van der Waals surface area contributed by atoms with Crippen LogP contribution in [-0.4, -0.2) is 31.1 Å². The van der Waals surface area contributed by atoms with Gasteiger partial charge in [0.05, 0.1) is 13.7 Å². The Balaban J connectivity index is 2.59. The fourth-order valence-corrected chi connectivity index (χ4v) is 1.89. The first kappa shape index (κ1) is 14.2. The molecule has 0 heterocycles. The number of hydrogen-bond donors (Lipinski definition) is 0. The van der Waals surface area contributed by atoms with E-state index in [4.69, 9.17) is 4.74 Å². The van der Waals surface area contributed by atoms with Gasteiger partial charge in [-0.15, -0.1) is 0 Å². The van der Waals surface area contributed by atoms with Crippen molar-refractivity contribution in [3.8, 4) is 0 Å². The van der Waals surface area contributed by atoms with Crippen LogP contribution >= 0.6 is 15.9 Å². The van der Waals surface area contributed by atoms with E-state index in [2.05, 4.69) is 39.9 Å². The molecule has 0 fully saturated rings. The lowest BCUT2D eigenvalue weighted by atomic mass is 10.2. The van der Waals surface area contributed by atoms with E-state index < -0.39 is 0 Å². The van der Waals surface area contributed by atoms with Crippen molar-refractivity contribution in [2.45, 2.75) is 19.9 Å². The molecule has 4 heteroatoms. The Hall–Kier alpha value is -0.870. The van der Waals surface area contributed by atoms with Crippen LogP contribution in [0.1, 0.15) is 18.9 Å². The first-order chi connectivity index (χ1) is 8.15. The van der Waals surface area contributed by atoms with Crippen LogP contribution in [0.15, 0.2) is 28.7 Å². The van der Waals surface area contributed by atoms with Crippen molar-refractivity contribution >= 4 is 21.9 Å². The van der Waals surface area contributed by atoms with Gasteiger partial charge in [-0.3, -0.25) is 9.69 Å². The number of hydrogen-bond acceptors (Lipinski definition) is 3. The lowest BCUT2D eigenvalue weighted by Crippen LogP contribution is -2.30. The van der Waals surface area contributed by atoms with E-state index in [0.717, 1.165) is 24.0 Å². The number of rotatable bonds is 6. The molecule has 0 aliphatic rings. The SMILES string of the molecule is CCCN(CC(=O)OC)Cc1ccc(Br)cc1. The molecule has 0 unspecified atom stereocenters. The van der Waals surface area contributed by atoms with E-state index in [-0.39, 0.29) is 5.97 Å². The third-order valence-electron chi connectivity index (χ3n) is 2.44. The van der Waals surface area contributed by atoms with Crippen molar-refractivity contribution in [3.63, 3.8) is 0 Å². The standard InChI is InChI=1S/C13H18BrNO2/c1-3-8-15(10-13(16)17-2)9-11-4-6-12(14)7-5-11/h4-7H,3,8-10H2,1-2H3. The van der Waals surface area contributed by atoms with Crippen LogP contribution < -0.4 is 0 Å². The molecule has 0 radical (unpaired) electrons. The summed E-state index contributed by atoms with van der Waals surface area (Å²) in [5.41, 5.74) is 1.20. The van der Waals surface area contributed by atoms with E-state index in [1.165, 1.54) is 12.7 Å².